The van der Waals surface area contributed by atoms with Crippen molar-refractivity contribution in [1.29, 1.82) is 0 Å². The lowest BCUT2D eigenvalue weighted by atomic mass is 10.2. The van der Waals surface area contributed by atoms with Crippen molar-refractivity contribution >= 4 is 45.9 Å². The molecule has 5 heteroatoms. The predicted molar refractivity (Wildman–Crippen MR) is 106 cm³/mol. The SMILES string of the molecule is Cc1ccc2cccc(NC(=S)NC(=O)/C=C/c3ccccc3)c2n1. The molecule has 1 heterocycles. The molecule has 0 spiro atoms. The van der Waals surface area contributed by atoms with Gasteiger partial charge in [0.05, 0.1) is 11.2 Å². The van der Waals surface area contributed by atoms with Crippen LogP contribution in [0, 0.1) is 6.92 Å². The van der Waals surface area contributed by atoms with Gasteiger partial charge in [-0.3, -0.25) is 15.1 Å². The highest BCUT2D eigenvalue weighted by Crippen LogP contribution is 2.21. The van der Waals surface area contributed by atoms with Crippen LogP contribution in [0.5, 0.6) is 0 Å². The summed E-state index contributed by atoms with van der Waals surface area (Å²) < 4.78 is 0. The average Bonchev–Trinajstić information content (AvgIpc) is 2.61. The van der Waals surface area contributed by atoms with E-state index in [0.717, 1.165) is 27.8 Å². The molecule has 0 aliphatic heterocycles. The molecule has 0 saturated carbocycles. The third-order valence-electron chi connectivity index (χ3n) is 3.57. The molecule has 1 aromatic heterocycles. The number of thiocarbonyl (C=S) groups is 1. The molecule has 0 radical (unpaired) electrons. The molecule has 124 valence electrons. The number of hydrogen-bond acceptors (Lipinski definition) is 3. The molecule has 3 rings (SSSR count). The van der Waals surface area contributed by atoms with Crippen molar-refractivity contribution in [3.8, 4) is 0 Å². The van der Waals surface area contributed by atoms with E-state index >= 15 is 0 Å². The van der Waals surface area contributed by atoms with E-state index in [1.165, 1.54) is 6.08 Å². The Morgan fingerprint density at radius 3 is 2.64 bits per heavy atom. The van der Waals surface area contributed by atoms with Gasteiger partial charge < -0.3 is 5.32 Å². The Bertz CT molecular complexity index is 952. The van der Waals surface area contributed by atoms with Gasteiger partial charge in [0.2, 0.25) is 5.91 Å². The Morgan fingerprint density at radius 2 is 1.84 bits per heavy atom. The standard InChI is InChI=1S/C20H17N3OS/c1-14-10-12-16-8-5-9-17(19(16)21-14)22-20(25)23-18(24)13-11-15-6-3-2-4-7-15/h2-13H,1H3,(H2,22,23,24,25)/b13-11+. The first-order chi connectivity index (χ1) is 12.1. The zero-order valence-corrected chi connectivity index (χ0v) is 14.5. The number of amides is 1. The van der Waals surface area contributed by atoms with E-state index in [4.69, 9.17) is 12.2 Å². The van der Waals surface area contributed by atoms with E-state index in [-0.39, 0.29) is 11.0 Å². The van der Waals surface area contributed by atoms with Gasteiger partial charge in [-0.2, -0.15) is 0 Å². The van der Waals surface area contributed by atoms with Crippen LogP contribution in [0.4, 0.5) is 5.69 Å². The van der Waals surface area contributed by atoms with E-state index < -0.39 is 0 Å². The van der Waals surface area contributed by atoms with E-state index in [1.807, 2.05) is 67.6 Å². The van der Waals surface area contributed by atoms with Crippen molar-refractivity contribution in [2.75, 3.05) is 5.32 Å². The van der Waals surface area contributed by atoms with E-state index in [0.29, 0.717) is 0 Å². The Kier molecular flexibility index (Phi) is 5.16. The molecular formula is C20H17N3OS. The van der Waals surface area contributed by atoms with Gasteiger partial charge in [-0.05, 0) is 42.9 Å². The van der Waals surface area contributed by atoms with Crippen molar-refractivity contribution in [3.05, 3.63) is 78.0 Å². The number of nitrogens with zero attached hydrogens (tertiary/aromatic N) is 1. The fourth-order valence-electron chi connectivity index (χ4n) is 2.39. The molecule has 25 heavy (non-hydrogen) atoms. The molecule has 2 N–H and O–H groups in total. The van der Waals surface area contributed by atoms with E-state index in [1.54, 1.807) is 6.08 Å². The third kappa shape index (κ3) is 4.49. The number of anilines is 1. The highest BCUT2D eigenvalue weighted by atomic mass is 32.1. The normalized spacial score (nSPS) is 10.8. The quantitative estimate of drug-likeness (QED) is 0.554. The number of aromatic nitrogens is 1. The highest BCUT2D eigenvalue weighted by molar-refractivity contribution is 7.80. The minimum atomic E-state index is -0.286. The van der Waals surface area contributed by atoms with E-state index in [9.17, 15) is 4.79 Å². The summed E-state index contributed by atoms with van der Waals surface area (Å²) in [6.07, 6.45) is 3.19. The molecular weight excluding hydrogens is 330 g/mol. The van der Waals surface area contributed by atoms with Gasteiger partial charge in [0.1, 0.15) is 0 Å². The van der Waals surface area contributed by atoms with Crippen LogP contribution in [0.2, 0.25) is 0 Å². The van der Waals surface area contributed by atoms with Crippen LogP contribution in [-0.4, -0.2) is 16.0 Å². The zero-order valence-electron chi connectivity index (χ0n) is 13.7. The number of hydrogen-bond donors (Lipinski definition) is 2. The summed E-state index contributed by atoms with van der Waals surface area (Å²) in [5.74, 6) is -0.286. The number of benzene rings is 2. The Morgan fingerprint density at radius 1 is 1.04 bits per heavy atom. The molecule has 3 aromatic rings. The number of fused-ring (bicyclic) bond motifs is 1. The summed E-state index contributed by atoms with van der Waals surface area (Å²) in [5, 5.41) is 6.93. The van der Waals surface area contributed by atoms with Gasteiger partial charge in [-0.15, -0.1) is 0 Å². The first-order valence-corrected chi connectivity index (χ1v) is 8.24. The van der Waals surface area contributed by atoms with Gasteiger partial charge in [0.25, 0.3) is 0 Å². The maximum absolute atomic E-state index is 12.0. The summed E-state index contributed by atoms with van der Waals surface area (Å²) in [7, 11) is 0. The lowest BCUT2D eigenvalue weighted by Crippen LogP contribution is -2.32. The Hall–Kier alpha value is -3.05. The number of para-hydroxylation sites is 1. The van der Waals surface area contributed by atoms with Gasteiger partial charge in [-0.1, -0.05) is 48.5 Å². The van der Waals surface area contributed by atoms with Crippen molar-refractivity contribution in [2.24, 2.45) is 0 Å². The number of carbonyl (C=O) groups excluding carboxylic acids is 1. The smallest absolute Gasteiger partial charge is 0.250 e. The first-order valence-electron chi connectivity index (χ1n) is 7.83. The maximum Gasteiger partial charge on any atom is 0.250 e. The third-order valence-corrected chi connectivity index (χ3v) is 3.78. The van der Waals surface area contributed by atoms with Crippen molar-refractivity contribution in [2.45, 2.75) is 6.92 Å². The minimum absolute atomic E-state index is 0.235. The second-order valence-electron chi connectivity index (χ2n) is 5.52. The zero-order chi connectivity index (χ0) is 17.6. The number of pyridine rings is 1. The first kappa shape index (κ1) is 16.8. The number of carbonyl (C=O) groups is 1. The molecule has 0 bridgehead atoms. The molecule has 0 fully saturated rings. The molecule has 0 saturated heterocycles. The summed E-state index contributed by atoms with van der Waals surface area (Å²) in [6.45, 7) is 1.94. The van der Waals surface area contributed by atoms with Crippen LogP contribution in [-0.2, 0) is 4.79 Å². The van der Waals surface area contributed by atoms with Crippen LogP contribution >= 0.6 is 12.2 Å². The van der Waals surface area contributed by atoms with Crippen molar-refractivity contribution in [1.82, 2.24) is 10.3 Å². The fraction of sp³-hybridized carbons (Fsp3) is 0.0500. The van der Waals surface area contributed by atoms with Gasteiger partial charge in [0.15, 0.2) is 5.11 Å². The van der Waals surface area contributed by atoms with Crippen molar-refractivity contribution < 1.29 is 4.79 Å². The average molecular weight is 347 g/mol. The fourth-order valence-corrected chi connectivity index (χ4v) is 2.60. The molecule has 0 atom stereocenters. The molecule has 0 aliphatic rings. The van der Waals surface area contributed by atoms with Crippen LogP contribution in [0.3, 0.4) is 0 Å². The van der Waals surface area contributed by atoms with Crippen LogP contribution in [0.25, 0.3) is 17.0 Å². The molecule has 0 unspecified atom stereocenters. The maximum atomic E-state index is 12.0. The summed E-state index contributed by atoms with van der Waals surface area (Å²) in [6, 6.07) is 19.4. The lowest BCUT2D eigenvalue weighted by Gasteiger charge is -2.10. The molecule has 2 aromatic carbocycles. The van der Waals surface area contributed by atoms with Crippen LogP contribution < -0.4 is 10.6 Å². The predicted octanol–water partition coefficient (Wildman–Crippen LogP) is 4.07. The molecule has 0 aliphatic carbocycles. The van der Waals surface area contributed by atoms with Gasteiger partial charge >= 0.3 is 0 Å². The Balaban J connectivity index is 1.68. The number of nitrogens with one attached hydrogen (secondary N) is 2. The van der Waals surface area contributed by atoms with Crippen molar-refractivity contribution in [3.63, 3.8) is 0 Å². The number of aryl methyl sites for hydroxylation is 1. The largest absolute Gasteiger partial charge is 0.331 e. The summed E-state index contributed by atoms with van der Waals surface area (Å²) in [4.78, 5) is 16.5. The van der Waals surface area contributed by atoms with Gasteiger partial charge in [0, 0.05) is 17.2 Å². The lowest BCUT2D eigenvalue weighted by molar-refractivity contribution is -0.115. The monoisotopic (exact) mass is 347 g/mol. The Labute approximate surface area is 151 Å². The second-order valence-corrected chi connectivity index (χ2v) is 5.93. The molecule has 4 nitrogen and oxygen atoms in total. The van der Waals surface area contributed by atoms with Crippen LogP contribution in [0.15, 0.2) is 66.7 Å². The topological polar surface area (TPSA) is 54.0 Å². The molecule has 1 amide bonds. The summed E-state index contributed by atoms with van der Waals surface area (Å²) in [5.41, 5.74) is 3.45. The highest BCUT2D eigenvalue weighted by Gasteiger charge is 2.06. The van der Waals surface area contributed by atoms with Gasteiger partial charge in [-0.25, -0.2) is 0 Å². The van der Waals surface area contributed by atoms with Crippen LogP contribution in [0.1, 0.15) is 11.3 Å². The minimum Gasteiger partial charge on any atom is -0.331 e. The summed E-state index contributed by atoms with van der Waals surface area (Å²) >= 11 is 5.23. The number of rotatable bonds is 3. The second kappa shape index (κ2) is 7.68. The van der Waals surface area contributed by atoms with E-state index in [2.05, 4.69) is 15.6 Å².